The van der Waals surface area contributed by atoms with Crippen molar-refractivity contribution in [3.05, 3.63) is 37.5 Å². The van der Waals surface area contributed by atoms with Crippen molar-refractivity contribution in [1.29, 1.82) is 0 Å². The molecule has 0 atom stereocenters. The first-order chi connectivity index (χ1) is 6.63. The molecule has 0 rings (SSSR count). The van der Waals surface area contributed by atoms with Crippen molar-refractivity contribution in [2.75, 3.05) is 0 Å². The smallest absolute Gasteiger partial charge is 0.333 e. The number of esters is 2. The molecule has 0 spiro atoms. The molecule has 0 saturated carbocycles. The van der Waals surface area contributed by atoms with E-state index in [4.69, 9.17) is 0 Å². The van der Waals surface area contributed by atoms with Crippen molar-refractivity contribution in [3.63, 3.8) is 0 Å². The van der Waals surface area contributed by atoms with Crippen LogP contribution in [0.1, 0.15) is 6.92 Å². The lowest BCUT2D eigenvalue weighted by molar-refractivity contribution is -0.172. The molecule has 14 heavy (non-hydrogen) atoms. The zero-order valence-corrected chi connectivity index (χ0v) is 7.93. The molecule has 0 amide bonds. The third-order valence-electron chi connectivity index (χ3n) is 1.15. The van der Waals surface area contributed by atoms with Crippen LogP contribution in [0, 0.1) is 0 Å². The molecule has 0 bridgehead atoms. The van der Waals surface area contributed by atoms with Crippen molar-refractivity contribution in [1.82, 2.24) is 0 Å². The Balaban J connectivity index is 4.28. The summed E-state index contributed by atoms with van der Waals surface area (Å²) in [6, 6.07) is 0. The number of rotatable bonds is 5. The van der Waals surface area contributed by atoms with Gasteiger partial charge in [-0.2, -0.15) is 0 Å². The highest BCUT2D eigenvalue weighted by atomic mass is 16.7. The predicted octanol–water partition coefficient (Wildman–Crippen LogP) is 1.35. The fourth-order valence-corrected chi connectivity index (χ4v) is 0.585. The lowest BCUT2D eigenvalue weighted by Gasteiger charge is -2.12. The summed E-state index contributed by atoms with van der Waals surface area (Å²) >= 11 is 0. The van der Waals surface area contributed by atoms with E-state index in [0.717, 1.165) is 12.2 Å². The van der Waals surface area contributed by atoms with Crippen molar-refractivity contribution in [2.24, 2.45) is 0 Å². The van der Waals surface area contributed by atoms with Gasteiger partial charge in [0, 0.05) is 12.2 Å². The molecule has 0 unspecified atom stereocenters. The minimum atomic E-state index is -1.03. The monoisotopic (exact) mass is 196 g/mol. The van der Waals surface area contributed by atoms with Crippen LogP contribution in [-0.2, 0) is 19.1 Å². The predicted molar refractivity (Wildman–Crippen MR) is 51.2 cm³/mol. The van der Waals surface area contributed by atoms with Gasteiger partial charge in [0.15, 0.2) is 0 Å². The first-order valence-corrected chi connectivity index (χ1v) is 3.93. The van der Waals surface area contributed by atoms with E-state index in [0.29, 0.717) is 0 Å². The Morgan fingerprint density at radius 3 is 1.86 bits per heavy atom. The fraction of sp³-hybridized carbons (Fsp3) is 0.200. The average Bonchev–Trinajstić information content (AvgIpc) is 2.17. The molecule has 0 saturated heterocycles. The van der Waals surface area contributed by atoms with Gasteiger partial charge in [0.25, 0.3) is 6.29 Å². The Morgan fingerprint density at radius 1 is 1.14 bits per heavy atom. The van der Waals surface area contributed by atoms with E-state index in [2.05, 4.69) is 22.6 Å². The standard InChI is InChI=1S/C10H12O4/c1-4-7-10(13-8(11)5-2)14-9(12)6-3/h4-7,10H,2-3H2,1H3. The first-order valence-electron chi connectivity index (χ1n) is 3.93. The second-order valence-corrected chi connectivity index (χ2v) is 2.18. The molecule has 0 aromatic heterocycles. The Kier molecular flexibility index (Phi) is 5.78. The Morgan fingerprint density at radius 2 is 1.57 bits per heavy atom. The Hall–Kier alpha value is -1.84. The SMILES string of the molecule is C=CC(=O)OC(C=CC)OC(=O)C=C. The largest absolute Gasteiger partial charge is 0.418 e. The minimum Gasteiger partial charge on any atom is -0.418 e. The molecule has 0 N–H and O–H groups in total. The molecule has 4 heteroatoms. The zero-order chi connectivity index (χ0) is 11.0. The van der Waals surface area contributed by atoms with Gasteiger partial charge >= 0.3 is 11.9 Å². The molecule has 0 aliphatic carbocycles. The van der Waals surface area contributed by atoms with Gasteiger partial charge in [-0.1, -0.05) is 19.2 Å². The van der Waals surface area contributed by atoms with E-state index in [1.54, 1.807) is 13.0 Å². The fourth-order valence-electron chi connectivity index (χ4n) is 0.585. The van der Waals surface area contributed by atoms with Crippen LogP contribution >= 0.6 is 0 Å². The van der Waals surface area contributed by atoms with Gasteiger partial charge in [0.05, 0.1) is 0 Å². The van der Waals surface area contributed by atoms with E-state index >= 15 is 0 Å². The maximum absolute atomic E-state index is 10.8. The average molecular weight is 196 g/mol. The highest BCUT2D eigenvalue weighted by Crippen LogP contribution is 1.99. The van der Waals surface area contributed by atoms with Gasteiger partial charge in [0.1, 0.15) is 0 Å². The number of hydrogen-bond acceptors (Lipinski definition) is 4. The maximum atomic E-state index is 10.8. The van der Waals surface area contributed by atoms with Crippen LogP contribution in [0.25, 0.3) is 0 Å². The Labute approximate surface area is 82.5 Å². The van der Waals surface area contributed by atoms with Gasteiger partial charge in [0.2, 0.25) is 0 Å². The number of ether oxygens (including phenoxy) is 2. The summed E-state index contributed by atoms with van der Waals surface area (Å²) in [6.07, 6.45) is 3.95. The summed E-state index contributed by atoms with van der Waals surface area (Å²) in [7, 11) is 0. The summed E-state index contributed by atoms with van der Waals surface area (Å²) in [5, 5.41) is 0. The highest BCUT2D eigenvalue weighted by Gasteiger charge is 2.11. The molecule has 0 radical (unpaired) electrons. The molecule has 0 aromatic rings. The molecule has 0 aliphatic heterocycles. The van der Waals surface area contributed by atoms with E-state index in [-0.39, 0.29) is 0 Å². The van der Waals surface area contributed by atoms with Crippen LogP contribution in [0.15, 0.2) is 37.5 Å². The first kappa shape index (κ1) is 12.2. The molecule has 4 nitrogen and oxygen atoms in total. The molecular formula is C10H12O4. The summed E-state index contributed by atoms with van der Waals surface area (Å²) in [5.74, 6) is -1.32. The summed E-state index contributed by atoms with van der Waals surface area (Å²) in [5.41, 5.74) is 0. The lowest BCUT2D eigenvalue weighted by Crippen LogP contribution is -2.20. The van der Waals surface area contributed by atoms with Gasteiger partial charge in [-0.3, -0.25) is 0 Å². The van der Waals surface area contributed by atoms with Crippen molar-refractivity contribution < 1.29 is 19.1 Å². The van der Waals surface area contributed by atoms with Crippen molar-refractivity contribution in [3.8, 4) is 0 Å². The van der Waals surface area contributed by atoms with Crippen LogP contribution in [0.3, 0.4) is 0 Å². The van der Waals surface area contributed by atoms with Crippen molar-refractivity contribution >= 4 is 11.9 Å². The zero-order valence-electron chi connectivity index (χ0n) is 7.93. The third kappa shape index (κ3) is 4.92. The highest BCUT2D eigenvalue weighted by molar-refractivity contribution is 5.83. The van der Waals surface area contributed by atoms with Gasteiger partial charge in [-0.25, -0.2) is 9.59 Å². The minimum absolute atomic E-state index is 0.662. The number of carbonyl (C=O) groups excluding carboxylic acids is 2. The van der Waals surface area contributed by atoms with Gasteiger partial charge in [-0.05, 0) is 13.0 Å². The molecule has 0 aromatic carbocycles. The van der Waals surface area contributed by atoms with Gasteiger partial charge in [-0.15, -0.1) is 0 Å². The van der Waals surface area contributed by atoms with Crippen LogP contribution in [-0.4, -0.2) is 18.2 Å². The summed E-state index contributed by atoms with van der Waals surface area (Å²) in [6.45, 7) is 8.13. The second-order valence-electron chi connectivity index (χ2n) is 2.18. The quantitative estimate of drug-likeness (QED) is 0.288. The second kappa shape index (κ2) is 6.65. The van der Waals surface area contributed by atoms with Gasteiger partial charge < -0.3 is 9.47 Å². The van der Waals surface area contributed by atoms with E-state index in [1.807, 2.05) is 0 Å². The number of allylic oxidation sites excluding steroid dienone is 1. The molecule has 0 aliphatic rings. The van der Waals surface area contributed by atoms with Crippen molar-refractivity contribution in [2.45, 2.75) is 13.2 Å². The van der Waals surface area contributed by atoms with E-state index < -0.39 is 18.2 Å². The van der Waals surface area contributed by atoms with E-state index in [9.17, 15) is 9.59 Å². The maximum Gasteiger partial charge on any atom is 0.333 e. The van der Waals surface area contributed by atoms with Crippen LogP contribution in [0.5, 0.6) is 0 Å². The lowest BCUT2D eigenvalue weighted by atomic mass is 10.5. The van der Waals surface area contributed by atoms with Crippen LogP contribution in [0.4, 0.5) is 0 Å². The van der Waals surface area contributed by atoms with Crippen LogP contribution in [0.2, 0.25) is 0 Å². The summed E-state index contributed by atoms with van der Waals surface area (Å²) < 4.78 is 9.36. The van der Waals surface area contributed by atoms with E-state index in [1.165, 1.54) is 6.08 Å². The number of carbonyl (C=O) groups is 2. The topological polar surface area (TPSA) is 52.6 Å². The third-order valence-corrected chi connectivity index (χ3v) is 1.15. The molecule has 0 heterocycles. The number of hydrogen-bond donors (Lipinski definition) is 0. The molecule has 76 valence electrons. The normalized spacial score (nSPS) is 9.86. The molecular weight excluding hydrogens is 184 g/mol. The van der Waals surface area contributed by atoms with Crippen LogP contribution < -0.4 is 0 Å². The Bertz CT molecular complexity index is 243. The summed E-state index contributed by atoms with van der Waals surface area (Å²) in [4.78, 5) is 21.6. The molecule has 0 fully saturated rings.